The third-order valence-corrected chi connectivity index (χ3v) is 4.12. The quantitative estimate of drug-likeness (QED) is 0.162. The second-order valence-electron chi connectivity index (χ2n) is 6.54. The maximum absolute atomic E-state index is 11.6. The molecule has 0 aromatic carbocycles. The first kappa shape index (κ1) is 24.2. The highest BCUT2D eigenvalue weighted by Gasteiger charge is 2.50. The Labute approximate surface area is 165 Å². The summed E-state index contributed by atoms with van der Waals surface area (Å²) in [6.45, 7) is 7.53. The molecule has 1 fully saturated rings. The molecule has 0 saturated carbocycles. The number of unbranched alkanes of at least 4 members (excludes halogenated alkanes) is 2. The normalized spacial score (nSPS) is 26.9. The van der Waals surface area contributed by atoms with Crippen LogP contribution in [0.3, 0.4) is 0 Å². The zero-order chi connectivity index (χ0) is 20.9. The molecule has 0 bridgehead atoms. The Balaban J connectivity index is 3.10. The standard InChI is InChI=1S/C18H31N3O7/c1-5-7-9-24-11-14-15(20-21-19)16(25-10-8-6-2)17(26-12(3)22)18(28-14)27-13(4)23/h14-18H,5-11H2,1-4H3/t14?,15-,16?,17-,18+/m0/s1. The Bertz CT molecular complexity index is 539. The van der Waals surface area contributed by atoms with Gasteiger partial charge in [0.05, 0.1) is 18.8 Å². The van der Waals surface area contributed by atoms with E-state index in [-0.39, 0.29) is 6.61 Å². The van der Waals surface area contributed by atoms with Crippen molar-refractivity contribution in [1.29, 1.82) is 0 Å². The minimum Gasteiger partial charge on any atom is -0.453 e. The van der Waals surface area contributed by atoms with Crippen molar-refractivity contribution in [3.63, 3.8) is 0 Å². The molecule has 10 nitrogen and oxygen atoms in total. The molecule has 1 heterocycles. The topological polar surface area (TPSA) is 129 Å². The zero-order valence-corrected chi connectivity index (χ0v) is 17.0. The second kappa shape index (κ2) is 13.3. The molecule has 0 aromatic rings. The van der Waals surface area contributed by atoms with Gasteiger partial charge in [-0.15, -0.1) is 0 Å². The van der Waals surface area contributed by atoms with E-state index < -0.39 is 42.6 Å². The van der Waals surface area contributed by atoms with Crippen molar-refractivity contribution in [2.24, 2.45) is 5.11 Å². The highest BCUT2D eigenvalue weighted by atomic mass is 16.7. The molecule has 0 amide bonds. The van der Waals surface area contributed by atoms with Gasteiger partial charge in [0.2, 0.25) is 6.29 Å². The summed E-state index contributed by atoms with van der Waals surface area (Å²) in [4.78, 5) is 26.0. The van der Waals surface area contributed by atoms with Crippen LogP contribution in [0.25, 0.3) is 10.4 Å². The molecular formula is C18H31N3O7. The molecule has 160 valence electrons. The lowest BCUT2D eigenvalue weighted by molar-refractivity contribution is -0.280. The molecule has 2 unspecified atom stereocenters. The van der Waals surface area contributed by atoms with Crippen LogP contribution < -0.4 is 0 Å². The van der Waals surface area contributed by atoms with Crippen LogP contribution in [0, 0.1) is 0 Å². The van der Waals surface area contributed by atoms with Crippen LogP contribution in [-0.2, 0) is 33.3 Å². The van der Waals surface area contributed by atoms with Gasteiger partial charge in [-0.3, -0.25) is 9.59 Å². The third-order valence-electron chi connectivity index (χ3n) is 4.12. The molecule has 1 aliphatic heterocycles. The lowest BCUT2D eigenvalue weighted by atomic mass is 9.96. The van der Waals surface area contributed by atoms with E-state index in [0.717, 1.165) is 25.7 Å². The zero-order valence-electron chi connectivity index (χ0n) is 17.0. The van der Waals surface area contributed by atoms with Crippen LogP contribution in [0.5, 0.6) is 0 Å². The van der Waals surface area contributed by atoms with Crippen LogP contribution >= 0.6 is 0 Å². The van der Waals surface area contributed by atoms with Crippen LogP contribution in [0.2, 0.25) is 0 Å². The summed E-state index contributed by atoms with van der Waals surface area (Å²) < 4.78 is 27.9. The van der Waals surface area contributed by atoms with E-state index in [0.29, 0.717) is 13.2 Å². The van der Waals surface area contributed by atoms with Crippen molar-refractivity contribution in [3.8, 4) is 0 Å². The Hall–Kier alpha value is -1.87. The van der Waals surface area contributed by atoms with Crippen LogP contribution in [-0.4, -0.2) is 62.4 Å². The maximum Gasteiger partial charge on any atom is 0.305 e. The monoisotopic (exact) mass is 401 g/mol. The van der Waals surface area contributed by atoms with Crippen LogP contribution in [0.1, 0.15) is 53.4 Å². The Morgan fingerprint density at radius 3 is 2.25 bits per heavy atom. The number of carbonyl (C=O) groups excluding carboxylic acids is 2. The lowest BCUT2D eigenvalue weighted by Crippen LogP contribution is -2.61. The molecule has 0 radical (unpaired) electrons. The molecule has 0 spiro atoms. The molecular weight excluding hydrogens is 370 g/mol. The first-order chi connectivity index (χ1) is 13.4. The van der Waals surface area contributed by atoms with Gasteiger partial charge >= 0.3 is 11.9 Å². The minimum absolute atomic E-state index is 0.127. The van der Waals surface area contributed by atoms with Crippen LogP contribution in [0.15, 0.2) is 5.11 Å². The Kier molecular flexibility index (Phi) is 11.5. The molecule has 1 rings (SSSR count). The van der Waals surface area contributed by atoms with E-state index in [2.05, 4.69) is 10.0 Å². The van der Waals surface area contributed by atoms with Gasteiger partial charge in [0.15, 0.2) is 6.10 Å². The summed E-state index contributed by atoms with van der Waals surface area (Å²) in [5.41, 5.74) is 9.03. The second-order valence-corrected chi connectivity index (χ2v) is 6.54. The van der Waals surface area contributed by atoms with E-state index >= 15 is 0 Å². The Morgan fingerprint density at radius 2 is 1.68 bits per heavy atom. The number of rotatable bonds is 12. The first-order valence-corrected chi connectivity index (χ1v) is 9.68. The lowest BCUT2D eigenvalue weighted by Gasteiger charge is -2.43. The summed E-state index contributed by atoms with van der Waals surface area (Å²) in [5.74, 6) is -1.19. The van der Waals surface area contributed by atoms with Gasteiger partial charge in [-0.2, -0.15) is 0 Å². The minimum atomic E-state index is -1.18. The van der Waals surface area contributed by atoms with Gasteiger partial charge in [0.1, 0.15) is 6.10 Å². The first-order valence-electron chi connectivity index (χ1n) is 9.68. The van der Waals surface area contributed by atoms with Crippen molar-refractivity contribution in [3.05, 3.63) is 10.4 Å². The number of ether oxygens (including phenoxy) is 5. The molecule has 1 aliphatic rings. The third kappa shape index (κ3) is 8.02. The fraction of sp³-hybridized carbons (Fsp3) is 0.889. The number of carbonyl (C=O) groups is 2. The summed E-state index contributed by atoms with van der Waals surface area (Å²) >= 11 is 0. The van der Waals surface area contributed by atoms with Gasteiger partial charge in [-0.25, -0.2) is 0 Å². The molecule has 0 aliphatic carbocycles. The van der Waals surface area contributed by atoms with Gasteiger partial charge in [0, 0.05) is 32.0 Å². The van der Waals surface area contributed by atoms with Crippen molar-refractivity contribution in [2.45, 2.75) is 84.0 Å². The predicted molar refractivity (Wildman–Crippen MR) is 99.3 cm³/mol. The Morgan fingerprint density at radius 1 is 1.04 bits per heavy atom. The van der Waals surface area contributed by atoms with E-state index in [1.54, 1.807) is 0 Å². The van der Waals surface area contributed by atoms with E-state index in [4.69, 9.17) is 29.2 Å². The molecule has 10 heteroatoms. The van der Waals surface area contributed by atoms with Gasteiger partial charge < -0.3 is 23.7 Å². The summed E-state index contributed by atoms with van der Waals surface area (Å²) in [7, 11) is 0. The van der Waals surface area contributed by atoms with Gasteiger partial charge in [-0.1, -0.05) is 31.8 Å². The van der Waals surface area contributed by atoms with Crippen LogP contribution in [0.4, 0.5) is 0 Å². The maximum atomic E-state index is 11.6. The van der Waals surface area contributed by atoms with Gasteiger partial charge in [-0.05, 0) is 18.4 Å². The highest BCUT2D eigenvalue weighted by molar-refractivity contribution is 5.67. The SMILES string of the molecule is CCCCOCC1O[C@@H](OC(C)=O)[C@@H](OC(C)=O)C(OCCCC)[C@H]1N=[N+]=[N-]. The largest absolute Gasteiger partial charge is 0.453 e. The average molecular weight is 401 g/mol. The molecule has 0 aromatic heterocycles. The van der Waals surface area contributed by atoms with E-state index in [1.165, 1.54) is 13.8 Å². The number of nitrogens with zero attached hydrogens (tertiary/aromatic N) is 3. The number of hydrogen-bond acceptors (Lipinski definition) is 8. The van der Waals surface area contributed by atoms with Crippen molar-refractivity contribution < 1.29 is 33.3 Å². The highest BCUT2D eigenvalue weighted by Crippen LogP contribution is 2.30. The molecule has 5 atom stereocenters. The van der Waals surface area contributed by atoms with E-state index in [9.17, 15) is 9.59 Å². The average Bonchev–Trinajstić information content (AvgIpc) is 2.63. The predicted octanol–water partition coefficient (Wildman–Crippen LogP) is 2.89. The fourth-order valence-electron chi connectivity index (χ4n) is 2.80. The molecule has 0 N–H and O–H groups in total. The van der Waals surface area contributed by atoms with Crippen molar-refractivity contribution in [2.75, 3.05) is 19.8 Å². The molecule has 1 saturated heterocycles. The van der Waals surface area contributed by atoms with Crippen molar-refractivity contribution in [1.82, 2.24) is 0 Å². The summed E-state index contributed by atoms with van der Waals surface area (Å²) in [6, 6.07) is -0.806. The molecule has 28 heavy (non-hydrogen) atoms. The number of hydrogen-bond donors (Lipinski definition) is 0. The summed E-state index contributed by atoms with van der Waals surface area (Å²) in [5, 5.41) is 3.81. The smallest absolute Gasteiger partial charge is 0.305 e. The number of esters is 2. The number of azide groups is 1. The fourth-order valence-corrected chi connectivity index (χ4v) is 2.80. The van der Waals surface area contributed by atoms with E-state index in [1.807, 2.05) is 13.8 Å². The van der Waals surface area contributed by atoms with Gasteiger partial charge in [0.25, 0.3) is 0 Å². The summed E-state index contributed by atoms with van der Waals surface area (Å²) in [6.07, 6.45) is -0.274. The van der Waals surface area contributed by atoms with Crippen molar-refractivity contribution >= 4 is 11.9 Å².